The number of carbonyl (C=O) groups excluding carboxylic acids is 2. The van der Waals surface area contributed by atoms with Gasteiger partial charge in [0.15, 0.2) is 0 Å². The molecule has 182 valence electrons. The van der Waals surface area contributed by atoms with Crippen LogP contribution >= 0.6 is 15.9 Å². The van der Waals surface area contributed by atoms with E-state index in [1.54, 1.807) is 18.2 Å². The highest BCUT2D eigenvalue weighted by Gasteiger charge is 2.39. The largest absolute Gasteiger partial charge is 0.465 e. The quantitative estimate of drug-likeness (QED) is 0.356. The normalized spacial score (nSPS) is 17.5. The van der Waals surface area contributed by atoms with E-state index in [-0.39, 0.29) is 12.2 Å². The van der Waals surface area contributed by atoms with Gasteiger partial charge in [0.1, 0.15) is 6.10 Å². The number of aliphatic hydroxyl groups is 1. The average Bonchev–Trinajstić information content (AvgIpc) is 2.83. The summed E-state index contributed by atoms with van der Waals surface area (Å²) in [6.07, 6.45) is 1.61. The highest BCUT2D eigenvalue weighted by molar-refractivity contribution is 9.10. The molecule has 1 saturated heterocycles. The summed E-state index contributed by atoms with van der Waals surface area (Å²) in [6.45, 7) is 0.530. The van der Waals surface area contributed by atoms with Crippen molar-refractivity contribution >= 4 is 28.0 Å². The van der Waals surface area contributed by atoms with Crippen LogP contribution in [0, 0.1) is 0 Å². The van der Waals surface area contributed by atoms with Crippen LogP contribution in [0.4, 0.5) is 13.6 Å². The van der Waals surface area contributed by atoms with Crippen molar-refractivity contribution in [3.8, 4) is 0 Å². The number of alkyl halides is 2. The maximum atomic E-state index is 14.7. The molecule has 1 amide bonds. The zero-order chi connectivity index (χ0) is 24.7. The molecule has 0 unspecified atom stereocenters. The lowest BCUT2D eigenvalue weighted by molar-refractivity contribution is -0.0930. The van der Waals surface area contributed by atoms with Gasteiger partial charge in [0.05, 0.1) is 25.3 Å². The standard InChI is InChI=1S/C25H26BrF2NO5/c1-33-23(31)18-9-7-17(8-10-18)4-3-14-29-21(13-15-34-24(29)32)11-12-22(30)25(27,28)19-5-2-6-20(26)16-19/h2,5-12,16,21-22,30H,3-4,13-15H2,1H3/b12-11+/t21-,22+/m0/s1. The lowest BCUT2D eigenvalue weighted by Gasteiger charge is -2.33. The van der Waals surface area contributed by atoms with Crippen LogP contribution in [-0.2, 0) is 21.8 Å². The first-order chi connectivity index (χ1) is 16.2. The van der Waals surface area contributed by atoms with E-state index in [9.17, 15) is 23.5 Å². The van der Waals surface area contributed by atoms with Crippen LogP contribution in [0.1, 0.15) is 34.3 Å². The molecule has 1 N–H and O–H groups in total. The molecular weight excluding hydrogens is 512 g/mol. The smallest absolute Gasteiger partial charge is 0.410 e. The van der Waals surface area contributed by atoms with Crippen LogP contribution in [0.25, 0.3) is 0 Å². The van der Waals surface area contributed by atoms with Gasteiger partial charge in [0, 0.05) is 23.0 Å². The Labute approximate surface area is 205 Å². The number of benzene rings is 2. The van der Waals surface area contributed by atoms with Crippen molar-refractivity contribution in [1.82, 2.24) is 4.90 Å². The first kappa shape index (κ1) is 25.8. The summed E-state index contributed by atoms with van der Waals surface area (Å²) in [5.74, 6) is -3.90. The Morgan fingerprint density at radius 2 is 2.06 bits per heavy atom. The highest BCUT2D eigenvalue weighted by Crippen LogP contribution is 2.34. The number of hydrogen-bond acceptors (Lipinski definition) is 5. The number of hydrogen-bond donors (Lipinski definition) is 1. The Morgan fingerprint density at radius 1 is 1.32 bits per heavy atom. The Morgan fingerprint density at radius 3 is 2.74 bits per heavy atom. The van der Waals surface area contributed by atoms with E-state index in [4.69, 9.17) is 4.74 Å². The minimum absolute atomic E-state index is 0.178. The van der Waals surface area contributed by atoms with E-state index < -0.39 is 30.1 Å². The minimum Gasteiger partial charge on any atom is -0.465 e. The second-order valence-corrected chi connectivity index (χ2v) is 8.83. The number of carbonyl (C=O) groups is 2. The molecule has 2 aromatic rings. The molecular formula is C25H26BrF2NO5. The van der Waals surface area contributed by atoms with Crippen LogP contribution in [0.2, 0.25) is 0 Å². The zero-order valence-electron chi connectivity index (χ0n) is 18.6. The molecule has 2 atom stereocenters. The van der Waals surface area contributed by atoms with Crippen molar-refractivity contribution < 1.29 is 33.0 Å². The monoisotopic (exact) mass is 537 g/mol. The predicted octanol–water partition coefficient (Wildman–Crippen LogP) is 5.09. The number of ether oxygens (including phenoxy) is 2. The molecule has 1 fully saturated rings. The van der Waals surface area contributed by atoms with Crippen LogP contribution < -0.4 is 0 Å². The third-order valence-corrected chi connectivity index (χ3v) is 6.10. The van der Waals surface area contributed by atoms with Crippen molar-refractivity contribution in [2.75, 3.05) is 20.3 Å². The first-order valence-electron chi connectivity index (χ1n) is 10.8. The number of nitrogens with zero attached hydrogens (tertiary/aromatic N) is 1. The first-order valence-corrected chi connectivity index (χ1v) is 11.6. The average molecular weight is 538 g/mol. The number of esters is 1. The summed E-state index contributed by atoms with van der Waals surface area (Å²) in [5.41, 5.74) is 1.13. The van der Waals surface area contributed by atoms with E-state index in [1.165, 1.54) is 36.3 Å². The molecule has 6 nitrogen and oxygen atoms in total. The molecule has 3 rings (SSSR count). The Bertz CT molecular complexity index is 1030. The van der Waals surface area contributed by atoms with E-state index in [0.29, 0.717) is 35.8 Å². The maximum absolute atomic E-state index is 14.7. The van der Waals surface area contributed by atoms with Crippen LogP contribution in [0.3, 0.4) is 0 Å². The second-order valence-electron chi connectivity index (χ2n) is 7.92. The van der Waals surface area contributed by atoms with Crippen molar-refractivity contribution in [2.24, 2.45) is 0 Å². The van der Waals surface area contributed by atoms with E-state index >= 15 is 0 Å². The fourth-order valence-corrected chi connectivity index (χ4v) is 4.10. The number of cyclic esters (lactones) is 1. The summed E-state index contributed by atoms with van der Waals surface area (Å²) in [5, 5.41) is 10.2. The zero-order valence-corrected chi connectivity index (χ0v) is 20.2. The summed E-state index contributed by atoms with van der Waals surface area (Å²) in [4.78, 5) is 25.3. The van der Waals surface area contributed by atoms with Crippen LogP contribution in [-0.4, -0.2) is 54.5 Å². The van der Waals surface area contributed by atoms with Gasteiger partial charge in [0.2, 0.25) is 0 Å². The Kier molecular flexibility index (Phi) is 8.79. The van der Waals surface area contributed by atoms with Crippen LogP contribution in [0.5, 0.6) is 0 Å². The maximum Gasteiger partial charge on any atom is 0.410 e. The van der Waals surface area contributed by atoms with Gasteiger partial charge < -0.3 is 19.5 Å². The number of halogens is 3. The van der Waals surface area contributed by atoms with Crippen molar-refractivity contribution in [3.63, 3.8) is 0 Å². The number of rotatable bonds is 9. The van der Waals surface area contributed by atoms with Gasteiger partial charge in [-0.1, -0.05) is 52.3 Å². The fraction of sp³-hybridized carbons (Fsp3) is 0.360. The summed E-state index contributed by atoms with van der Waals surface area (Å²) < 4.78 is 39.7. The minimum atomic E-state index is -3.49. The van der Waals surface area contributed by atoms with Crippen molar-refractivity contribution in [3.05, 3.63) is 81.8 Å². The molecule has 0 bridgehead atoms. The molecule has 0 aliphatic carbocycles. The number of methoxy groups -OCH3 is 1. The summed E-state index contributed by atoms with van der Waals surface area (Å²) >= 11 is 3.16. The molecule has 0 aromatic heterocycles. The highest BCUT2D eigenvalue weighted by atomic mass is 79.9. The Hall–Kier alpha value is -2.78. The Balaban J connectivity index is 1.61. The van der Waals surface area contributed by atoms with E-state index in [1.807, 2.05) is 12.1 Å². The third-order valence-electron chi connectivity index (χ3n) is 5.61. The van der Waals surface area contributed by atoms with Crippen LogP contribution in [0.15, 0.2) is 65.2 Å². The molecule has 9 heteroatoms. The summed E-state index contributed by atoms with van der Waals surface area (Å²) in [6, 6.07) is 12.1. The van der Waals surface area contributed by atoms with Gasteiger partial charge in [0.25, 0.3) is 0 Å². The molecule has 0 saturated carbocycles. The molecule has 1 aliphatic heterocycles. The van der Waals surface area contributed by atoms with Gasteiger partial charge in [-0.3, -0.25) is 0 Å². The number of aliphatic hydroxyl groups excluding tert-OH is 1. The van der Waals surface area contributed by atoms with Crippen molar-refractivity contribution in [1.29, 1.82) is 0 Å². The topological polar surface area (TPSA) is 76.1 Å². The second kappa shape index (κ2) is 11.6. The van der Waals surface area contributed by atoms with Gasteiger partial charge in [-0.25, -0.2) is 9.59 Å². The number of aryl methyl sites for hydroxylation is 1. The third kappa shape index (κ3) is 6.42. The predicted molar refractivity (Wildman–Crippen MR) is 126 cm³/mol. The van der Waals surface area contributed by atoms with Gasteiger partial charge in [-0.2, -0.15) is 8.78 Å². The molecule has 34 heavy (non-hydrogen) atoms. The summed E-state index contributed by atoms with van der Waals surface area (Å²) in [7, 11) is 1.32. The number of amides is 1. The molecule has 1 aliphatic rings. The molecule has 1 heterocycles. The van der Waals surface area contributed by atoms with Gasteiger partial charge in [-0.15, -0.1) is 0 Å². The molecule has 0 spiro atoms. The fourth-order valence-electron chi connectivity index (χ4n) is 3.70. The van der Waals surface area contributed by atoms with Gasteiger partial charge in [-0.05, 0) is 42.7 Å². The lowest BCUT2D eigenvalue weighted by Crippen LogP contribution is -2.45. The molecule has 0 radical (unpaired) electrons. The lowest BCUT2D eigenvalue weighted by atomic mass is 10.0. The van der Waals surface area contributed by atoms with E-state index in [0.717, 1.165) is 11.6 Å². The van der Waals surface area contributed by atoms with Gasteiger partial charge >= 0.3 is 18.0 Å². The molecule has 2 aromatic carbocycles. The van der Waals surface area contributed by atoms with Crippen molar-refractivity contribution in [2.45, 2.75) is 37.3 Å². The SMILES string of the molecule is COC(=O)c1ccc(CCCN2C(=O)OCC[C@@H]2/C=C/[C@@H](O)C(F)(F)c2cccc(Br)c2)cc1. The van der Waals surface area contributed by atoms with E-state index in [2.05, 4.69) is 20.7 Å².